The van der Waals surface area contributed by atoms with Crippen LogP contribution in [0.2, 0.25) is 0 Å². The molecule has 0 aliphatic rings. The molecule has 0 heterocycles. The van der Waals surface area contributed by atoms with Crippen LogP contribution in [0.4, 0.5) is 0 Å². The van der Waals surface area contributed by atoms with E-state index in [2.05, 4.69) is 11.4 Å². The molecule has 1 aromatic rings. The molecule has 0 radical (unpaired) electrons. The lowest BCUT2D eigenvalue weighted by atomic mass is 10.1. The van der Waals surface area contributed by atoms with Crippen molar-refractivity contribution in [2.75, 3.05) is 0 Å². The first kappa shape index (κ1) is 13.7. The molecule has 1 unspecified atom stereocenters. The Hall–Kier alpha value is -1.35. The quantitative estimate of drug-likeness (QED) is 0.821. The van der Waals surface area contributed by atoms with Gasteiger partial charge in [-0.05, 0) is 25.8 Å². The number of hydrogen-bond donors (Lipinski definition) is 2. The maximum absolute atomic E-state index is 11.7. The van der Waals surface area contributed by atoms with Gasteiger partial charge in [0, 0.05) is 12.5 Å². The van der Waals surface area contributed by atoms with Gasteiger partial charge in [0.05, 0.1) is 6.04 Å². The SMILES string of the molecule is CCC(N)CC(=O)N[C@@H](C)c1cccc(C)c1. The summed E-state index contributed by atoms with van der Waals surface area (Å²) in [5.74, 6) is 0.0216. The minimum Gasteiger partial charge on any atom is -0.350 e. The Balaban J connectivity index is 2.54. The lowest BCUT2D eigenvalue weighted by molar-refractivity contribution is -0.122. The zero-order valence-electron chi connectivity index (χ0n) is 10.9. The number of nitrogens with two attached hydrogens (primary N) is 1. The van der Waals surface area contributed by atoms with Crippen LogP contribution in [0, 0.1) is 6.92 Å². The molecule has 1 aromatic carbocycles. The van der Waals surface area contributed by atoms with Crippen LogP contribution in [0.3, 0.4) is 0 Å². The van der Waals surface area contributed by atoms with E-state index in [-0.39, 0.29) is 18.0 Å². The number of amides is 1. The monoisotopic (exact) mass is 234 g/mol. The zero-order valence-corrected chi connectivity index (χ0v) is 10.9. The van der Waals surface area contributed by atoms with Gasteiger partial charge < -0.3 is 11.1 Å². The van der Waals surface area contributed by atoms with Gasteiger partial charge in [0.15, 0.2) is 0 Å². The highest BCUT2D eigenvalue weighted by molar-refractivity contribution is 5.77. The molecule has 3 N–H and O–H groups in total. The van der Waals surface area contributed by atoms with Crippen molar-refractivity contribution in [3.05, 3.63) is 35.4 Å². The highest BCUT2D eigenvalue weighted by Crippen LogP contribution is 2.13. The normalized spacial score (nSPS) is 14.1. The summed E-state index contributed by atoms with van der Waals surface area (Å²) in [5, 5.41) is 2.97. The van der Waals surface area contributed by atoms with E-state index in [1.54, 1.807) is 0 Å². The molecule has 0 aliphatic heterocycles. The van der Waals surface area contributed by atoms with Crippen LogP contribution in [0.25, 0.3) is 0 Å². The Morgan fingerprint density at radius 3 is 2.76 bits per heavy atom. The van der Waals surface area contributed by atoms with E-state index in [9.17, 15) is 4.79 Å². The van der Waals surface area contributed by atoms with E-state index in [0.29, 0.717) is 6.42 Å². The molecular weight excluding hydrogens is 212 g/mol. The Morgan fingerprint density at radius 2 is 2.18 bits per heavy atom. The number of aryl methyl sites for hydroxylation is 1. The van der Waals surface area contributed by atoms with E-state index in [4.69, 9.17) is 5.73 Å². The molecule has 3 nitrogen and oxygen atoms in total. The number of carbonyl (C=O) groups is 1. The number of hydrogen-bond acceptors (Lipinski definition) is 2. The first-order valence-corrected chi connectivity index (χ1v) is 6.14. The number of nitrogens with one attached hydrogen (secondary N) is 1. The summed E-state index contributed by atoms with van der Waals surface area (Å²) in [6, 6.07) is 8.16. The Bertz CT molecular complexity index is 376. The maximum atomic E-state index is 11.7. The van der Waals surface area contributed by atoms with Gasteiger partial charge in [0.25, 0.3) is 0 Å². The van der Waals surface area contributed by atoms with Gasteiger partial charge in [0.2, 0.25) is 5.91 Å². The Kier molecular flexibility index (Phi) is 5.16. The average molecular weight is 234 g/mol. The predicted octanol–water partition coefficient (Wildman–Crippen LogP) is 2.30. The fraction of sp³-hybridized carbons (Fsp3) is 0.500. The minimum absolute atomic E-state index is 0.0216. The van der Waals surface area contributed by atoms with E-state index in [1.165, 1.54) is 5.56 Å². The highest BCUT2D eigenvalue weighted by Gasteiger charge is 2.12. The van der Waals surface area contributed by atoms with Crippen LogP contribution >= 0.6 is 0 Å². The third-order valence-corrected chi connectivity index (χ3v) is 2.89. The average Bonchev–Trinajstić information content (AvgIpc) is 2.28. The maximum Gasteiger partial charge on any atom is 0.222 e. The standard InChI is InChI=1S/C14H22N2O/c1-4-13(15)9-14(17)16-11(3)12-7-5-6-10(2)8-12/h5-8,11,13H,4,9,15H2,1-3H3,(H,16,17)/t11-,13?/m0/s1. The van der Waals surface area contributed by atoms with E-state index in [0.717, 1.165) is 12.0 Å². The van der Waals surface area contributed by atoms with Crippen LogP contribution in [0.5, 0.6) is 0 Å². The van der Waals surface area contributed by atoms with Crippen molar-refractivity contribution >= 4 is 5.91 Å². The Morgan fingerprint density at radius 1 is 1.47 bits per heavy atom. The van der Waals surface area contributed by atoms with Crippen LogP contribution in [-0.4, -0.2) is 11.9 Å². The molecule has 0 fully saturated rings. The van der Waals surface area contributed by atoms with Crippen molar-refractivity contribution in [1.82, 2.24) is 5.32 Å². The second-order valence-corrected chi connectivity index (χ2v) is 4.58. The molecular formula is C14H22N2O. The molecule has 1 rings (SSSR count). The van der Waals surface area contributed by atoms with Gasteiger partial charge in [-0.3, -0.25) is 4.79 Å². The van der Waals surface area contributed by atoms with Gasteiger partial charge >= 0.3 is 0 Å². The minimum atomic E-state index is -0.0419. The number of carbonyl (C=O) groups excluding carboxylic acids is 1. The molecule has 94 valence electrons. The van der Waals surface area contributed by atoms with Crippen molar-refractivity contribution in [3.63, 3.8) is 0 Å². The summed E-state index contributed by atoms with van der Waals surface area (Å²) >= 11 is 0. The van der Waals surface area contributed by atoms with Crippen molar-refractivity contribution < 1.29 is 4.79 Å². The molecule has 2 atom stereocenters. The number of rotatable bonds is 5. The second kappa shape index (κ2) is 6.40. The molecule has 0 spiro atoms. The summed E-state index contributed by atoms with van der Waals surface area (Å²) in [6.45, 7) is 6.02. The van der Waals surface area contributed by atoms with Gasteiger partial charge in [0.1, 0.15) is 0 Å². The zero-order chi connectivity index (χ0) is 12.8. The molecule has 3 heteroatoms. The highest BCUT2D eigenvalue weighted by atomic mass is 16.1. The third kappa shape index (κ3) is 4.57. The van der Waals surface area contributed by atoms with Gasteiger partial charge in [-0.25, -0.2) is 0 Å². The fourth-order valence-corrected chi connectivity index (χ4v) is 1.71. The second-order valence-electron chi connectivity index (χ2n) is 4.58. The largest absolute Gasteiger partial charge is 0.350 e. The van der Waals surface area contributed by atoms with Gasteiger partial charge in [-0.2, -0.15) is 0 Å². The fourth-order valence-electron chi connectivity index (χ4n) is 1.71. The predicted molar refractivity (Wildman–Crippen MR) is 70.6 cm³/mol. The Labute approximate surface area is 103 Å². The van der Waals surface area contributed by atoms with Crippen LogP contribution in [0.1, 0.15) is 43.9 Å². The van der Waals surface area contributed by atoms with Crippen molar-refractivity contribution in [1.29, 1.82) is 0 Å². The van der Waals surface area contributed by atoms with E-state index < -0.39 is 0 Å². The van der Waals surface area contributed by atoms with Crippen LogP contribution in [0.15, 0.2) is 24.3 Å². The number of benzene rings is 1. The third-order valence-electron chi connectivity index (χ3n) is 2.89. The van der Waals surface area contributed by atoms with E-state index in [1.807, 2.05) is 39.0 Å². The molecule has 0 aliphatic carbocycles. The van der Waals surface area contributed by atoms with Crippen LogP contribution in [-0.2, 0) is 4.79 Å². The summed E-state index contributed by atoms with van der Waals surface area (Å²) in [6.07, 6.45) is 1.22. The van der Waals surface area contributed by atoms with Gasteiger partial charge in [-0.1, -0.05) is 36.8 Å². The molecule has 1 amide bonds. The molecule has 17 heavy (non-hydrogen) atoms. The van der Waals surface area contributed by atoms with Gasteiger partial charge in [-0.15, -0.1) is 0 Å². The molecule has 0 bridgehead atoms. The smallest absolute Gasteiger partial charge is 0.222 e. The summed E-state index contributed by atoms with van der Waals surface area (Å²) in [5.41, 5.74) is 8.08. The first-order valence-electron chi connectivity index (χ1n) is 6.14. The van der Waals surface area contributed by atoms with Crippen molar-refractivity contribution in [3.8, 4) is 0 Å². The topological polar surface area (TPSA) is 55.1 Å². The molecule has 0 saturated heterocycles. The summed E-state index contributed by atoms with van der Waals surface area (Å²) in [4.78, 5) is 11.7. The van der Waals surface area contributed by atoms with Crippen molar-refractivity contribution in [2.24, 2.45) is 5.73 Å². The van der Waals surface area contributed by atoms with Crippen LogP contribution < -0.4 is 11.1 Å². The lowest BCUT2D eigenvalue weighted by Crippen LogP contribution is -2.32. The lowest BCUT2D eigenvalue weighted by Gasteiger charge is -2.16. The first-order chi connectivity index (χ1) is 8.02. The summed E-state index contributed by atoms with van der Waals surface area (Å²) < 4.78 is 0. The van der Waals surface area contributed by atoms with Crippen molar-refractivity contribution in [2.45, 2.75) is 45.7 Å². The molecule has 0 saturated carbocycles. The molecule has 0 aromatic heterocycles. The summed E-state index contributed by atoms with van der Waals surface area (Å²) in [7, 11) is 0. The van der Waals surface area contributed by atoms with E-state index >= 15 is 0 Å².